The number of aromatic hydroxyl groups is 1. The zero-order valence-electron chi connectivity index (χ0n) is 24.5. The van der Waals surface area contributed by atoms with Crippen molar-refractivity contribution in [3.8, 4) is 11.5 Å². The van der Waals surface area contributed by atoms with E-state index < -0.39 is 34.6 Å². The van der Waals surface area contributed by atoms with E-state index in [1.807, 2.05) is 52.0 Å². The van der Waals surface area contributed by atoms with Gasteiger partial charge in [-0.3, -0.25) is 24.1 Å². The molecular weight excluding hydrogens is 532 g/mol. The molecule has 0 spiro atoms. The van der Waals surface area contributed by atoms with Crippen LogP contribution in [0.3, 0.4) is 0 Å². The Kier molecular flexibility index (Phi) is 6.44. The van der Waals surface area contributed by atoms with Gasteiger partial charge in [-0.2, -0.15) is 0 Å². The van der Waals surface area contributed by atoms with E-state index in [1.54, 1.807) is 42.5 Å². The maximum Gasteiger partial charge on any atom is 0.241 e. The van der Waals surface area contributed by atoms with Crippen LogP contribution in [0.2, 0.25) is 0 Å². The first kappa shape index (κ1) is 27.9. The minimum absolute atomic E-state index is 0.0170. The molecule has 1 saturated carbocycles. The lowest BCUT2D eigenvalue weighted by Crippen LogP contribution is -2.50. The SMILES string of the molecule is COc1cc(C=CC2C3=CCC4C(=O)N(C(C)(C)C)C(=O)C4C3CC3C(=O)N(c4ccccc4)C(=O)C23C)ccc1O. The van der Waals surface area contributed by atoms with Crippen LogP contribution in [-0.2, 0) is 19.2 Å². The van der Waals surface area contributed by atoms with Crippen molar-refractivity contribution in [1.29, 1.82) is 0 Å². The van der Waals surface area contributed by atoms with Crippen molar-refractivity contribution in [2.45, 2.75) is 46.1 Å². The summed E-state index contributed by atoms with van der Waals surface area (Å²) in [6.45, 7) is 7.45. The number of carbonyl (C=O) groups excluding carboxylic acids is 4. The largest absolute Gasteiger partial charge is 0.504 e. The number of likely N-dealkylation sites (tertiary alicyclic amines) is 1. The van der Waals surface area contributed by atoms with E-state index >= 15 is 0 Å². The summed E-state index contributed by atoms with van der Waals surface area (Å²) in [7, 11) is 1.48. The van der Waals surface area contributed by atoms with Gasteiger partial charge < -0.3 is 9.84 Å². The molecule has 0 bridgehead atoms. The van der Waals surface area contributed by atoms with Gasteiger partial charge in [-0.1, -0.05) is 48.1 Å². The molecule has 6 rings (SSSR count). The molecule has 2 aromatic carbocycles. The number of hydrogen-bond donors (Lipinski definition) is 1. The number of fused-ring (bicyclic) bond motifs is 4. The van der Waals surface area contributed by atoms with Crippen molar-refractivity contribution in [3.05, 3.63) is 71.8 Å². The summed E-state index contributed by atoms with van der Waals surface area (Å²) in [4.78, 5) is 58.5. The first-order valence-electron chi connectivity index (χ1n) is 14.5. The lowest BCUT2D eigenvalue weighted by atomic mass is 9.52. The van der Waals surface area contributed by atoms with Crippen molar-refractivity contribution in [3.63, 3.8) is 0 Å². The van der Waals surface area contributed by atoms with Gasteiger partial charge in [-0.25, -0.2) is 4.90 Å². The van der Waals surface area contributed by atoms with Gasteiger partial charge in [0.1, 0.15) is 0 Å². The Morgan fingerprint density at radius 3 is 2.36 bits per heavy atom. The average molecular weight is 569 g/mol. The smallest absolute Gasteiger partial charge is 0.241 e. The number of methoxy groups -OCH3 is 1. The first-order chi connectivity index (χ1) is 19.9. The van der Waals surface area contributed by atoms with Crippen molar-refractivity contribution in [2.75, 3.05) is 12.0 Å². The number of rotatable bonds is 4. The van der Waals surface area contributed by atoms with Crippen LogP contribution in [-0.4, -0.2) is 46.3 Å². The van der Waals surface area contributed by atoms with Crippen LogP contribution in [0.1, 0.15) is 46.1 Å². The summed E-state index contributed by atoms with van der Waals surface area (Å²) in [5, 5.41) is 10.1. The molecule has 6 atom stereocenters. The van der Waals surface area contributed by atoms with Gasteiger partial charge in [0.15, 0.2) is 11.5 Å². The van der Waals surface area contributed by atoms with Crippen molar-refractivity contribution in [2.24, 2.45) is 35.0 Å². The van der Waals surface area contributed by atoms with Crippen LogP contribution in [0.15, 0.2) is 66.3 Å². The molecule has 1 N–H and O–H groups in total. The molecule has 2 aromatic rings. The number of imide groups is 2. The van der Waals surface area contributed by atoms with Gasteiger partial charge in [-0.05, 0) is 76.3 Å². The van der Waals surface area contributed by atoms with E-state index in [0.717, 1.165) is 11.1 Å². The number of anilines is 1. The molecule has 0 aromatic heterocycles. The zero-order chi connectivity index (χ0) is 30.1. The van der Waals surface area contributed by atoms with Crippen LogP contribution < -0.4 is 9.64 Å². The van der Waals surface area contributed by atoms with E-state index in [0.29, 0.717) is 24.3 Å². The minimum atomic E-state index is -1.09. The molecule has 4 aliphatic rings. The average Bonchev–Trinajstić information content (AvgIpc) is 3.33. The normalized spacial score (nSPS) is 30.9. The molecule has 42 heavy (non-hydrogen) atoms. The Bertz CT molecular complexity index is 1550. The van der Waals surface area contributed by atoms with Gasteiger partial charge in [0.2, 0.25) is 23.6 Å². The molecule has 2 heterocycles. The lowest BCUT2D eigenvalue weighted by Gasteiger charge is -2.48. The Morgan fingerprint density at radius 1 is 0.976 bits per heavy atom. The molecule has 6 unspecified atom stereocenters. The number of phenols is 1. The molecule has 2 aliphatic carbocycles. The molecule has 3 fully saturated rings. The molecular formula is C34H36N2O6. The molecule has 0 radical (unpaired) electrons. The highest BCUT2D eigenvalue weighted by Gasteiger charge is 2.67. The fourth-order valence-corrected chi connectivity index (χ4v) is 7.71. The van der Waals surface area contributed by atoms with Crippen LogP contribution in [0.25, 0.3) is 6.08 Å². The summed E-state index contributed by atoms with van der Waals surface area (Å²) < 4.78 is 5.28. The van der Waals surface area contributed by atoms with E-state index in [1.165, 1.54) is 16.9 Å². The Labute approximate surface area is 245 Å². The number of benzene rings is 2. The maximum atomic E-state index is 14.3. The number of ether oxygens (including phenoxy) is 1. The van der Waals surface area contributed by atoms with Crippen LogP contribution in [0.5, 0.6) is 11.5 Å². The third kappa shape index (κ3) is 3.95. The molecule has 8 heteroatoms. The molecule has 8 nitrogen and oxygen atoms in total. The van der Waals surface area contributed by atoms with E-state index in [9.17, 15) is 24.3 Å². The van der Waals surface area contributed by atoms with Crippen molar-refractivity contribution >= 4 is 35.4 Å². The van der Waals surface area contributed by atoms with Crippen LogP contribution in [0.4, 0.5) is 5.69 Å². The lowest BCUT2D eigenvalue weighted by molar-refractivity contribution is -0.145. The minimum Gasteiger partial charge on any atom is -0.504 e. The first-order valence-corrected chi connectivity index (χ1v) is 14.5. The fraction of sp³-hybridized carbons (Fsp3) is 0.412. The summed E-state index contributed by atoms with van der Waals surface area (Å²) in [5.41, 5.74) is 0.466. The van der Waals surface area contributed by atoms with Crippen LogP contribution >= 0.6 is 0 Å². The number of amides is 4. The maximum absolute atomic E-state index is 14.3. The Balaban J connectivity index is 1.47. The fourth-order valence-electron chi connectivity index (χ4n) is 7.71. The van der Waals surface area contributed by atoms with Gasteiger partial charge in [0.25, 0.3) is 0 Å². The number of nitrogens with zero attached hydrogens (tertiary/aromatic N) is 2. The summed E-state index contributed by atoms with van der Waals surface area (Å²) in [6, 6.07) is 13.9. The predicted molar refractivity (Wildman–Crippen MR) is 157 cm³/mol. The highest BCUT2D eigenvalue weighted by atomic mass is 16.5. The third-order valence-electron chi connectivity index (χ3n) is 9.72. The highest BCUT2D eigenvalue weighted by molar-refractivity contribution is 6.24. The molecule has 4 amide bonds. The molecule has 2 saturated heterocycles. The standard InChI is InChI=1S/C34H36N2O6/c1-33(2,3)36-29(38)22-14-13-21-23(28(22)31(36)40)18-25-30(39)35(20-9-7-6-8-10-20)32(41)34(25,4)24(21)15-11-19-12-16-26(37)27(17-19)42-5/h6-13,15-17,22-25,28,37H,14,18H2,1-5H3. The topological polar surface area (TPSA) is 104 Å². The van der Waals surface area contributed by atoms with Crippen LogP contribution in [0, 0.1) is 35.0 Å². The number of allylic oxidation sites excluding steroid dienone is 3. The summed E-state index contributed by atoms with van der Waals surface area (Å²) in [5.74, 6) is -3.10. The second-order valence-electron chi connectivity index (χ2n) is 13.0. The highest BCUT2D eigenvalue weighted by Crippen LogP contribution is 2.61. The summed E-state index contributed by atoms with van der Waals surface area (Å²) in [6.07, 6.45) is 6.60. The zero-order valence-corrected chi connectivity index (χ0v) is 24.5. The quantitative estimate of drug-likeness (QED) is 0.412. The van der Waals surface area contributed by atoms with E-state index in [2.05, 4.69) is 0 Å². The second kappa shape index (κ2) is 9.68. The molecule has 2 aliphatic heterocycles. The predicted octanol–water partition coefficient (Wildman–Crippen LogP) is 4.98. The van der Waals surface area contributed by atoms with Gasteiger partial charge in [0.05, 0.1) is 36.0 Å². The number of hydrogen-bond acceptors (Lipinski definition) is 6. The van der Waals surface area contributed by atoms with Gasteiger partial charge in [-0.15, -0.1) is 0 Å². The Hall–Kier alpha value is -4.20. The summed E-state index contributed by atoms with van der Waals surface area (Å²) >= 11 is 0. The van der Waals surface area contributed by atoms with Gasteiger partial charge >= 0.3 is 0 Å². The van der Waals surface area contributed by atoms with Gasteiger partial charge in [0, 0.05) is 11.5 Å². The molecule has 218 valence electrons. The second-order valence-corrected chi connectivity index (χ2v) is 13.0. The van der Waals surface area contributed by atoms with Crippen molar-refractivity contribution < 1.29 is 29.0 Å². The number of para-hydroxylation sites is 1. The van der Waals surface area contributed by atoms with E-state index in [-0.39, 0.29) is 35.3 Å². The third-order valence-corrected chi connectivity index (χ3v) is 9.72. The number of carbonyl (C=O) groups is 4. The number of phenolic OH excluding ortho intramolecular Hbond substituents is 1. The monoisotopic (exact) mass is 568 g/mol. The Morgan fingerprint density at radius 2 is 1.69 bits per heavy atom. The van der Waals surface area contributed by atoms with Crippen molar-refractivity contribution in [1.82, 2.24) is 4.90 Å². The van der Waals surface area contributed by atoms with E-state index in [4.69, 9.17) is 4.74 Å².